The van der Waals surface area contributed by atoms with E-state index in [9.17, 15) is 13.2 Å². The molecule has 0 saturated carbocycles. The highest BCUT2D eigenvalue weighted by molar-refractivity contribution is 5.91. The molecule has 29 heavy (non-hydrogen) atoms. The zero-order chi connectivity index (χ0) is 20.4. The van der Waals surface area contributed by atoms with Crippen molar-refractivity contribution in [2.75, 3.05) is 10.6 Å². The smallest absolute Gasteiger partial charge is 0.340 e. The number of pyridine rings is 1. The molecule has 2 N–H and O–H groups in total. The summed E-state index contributed by atoms with van der Waals surface area (Å²) in [6, 6.07) is 16.3. The maximum absolute atomic E-state index is 13.3. The predicted octanol–water partition coefficient (Wildman–Crippen LogP) is 5.84. The van der Waals surface area contributed by atoms with E-state index < -0.39 is 11.7 Å². The summed E-state index contributed by atoms with van der Waals surface area (Å²) in [5.74, 6) is 0.514. The van der Waals surface area contributed by atoms with E-state index in [1.54, 1.807) is 19.2 Å². The molecule has 2 heterocycles. The first kappa shape index (κ1) is 18.7. The van der Waals surface area contributed by atoms with Crippen LogP contribution in [0.3, 0.4) is 0 Å². The number of alkyl halides is 3. The van der Waals surface area contributed by atoms with E-state index in [0.29, 0.717) is 11.4 Å². The molecule has 2 aromatic carbocycles. The van der Waals surface area contributed by atoms with Crippen LogP contribution in [0.25, 0.3) is 10.9 Å². The zero-order valence-corrected chi connectivity index (χ0v) is 15.3. The number of nitrogens with zero attached hydrogens (tertiary/aromatic N) is 3. The molecule has 0 radical (unpaired) electrons. The van der Waals surface area contributed by atoms with Gasteiger partial charge in [0.2, 0.25) is 5.95 Å². The average molecular weight is 395 g/mol. The number of halogens is 3. The lowest BCUT2D eigenvalue weighted by Crippen LogP contribution is -2.09. The summed E-state index contributed by atoms with van der Waals surface area (Å²) in [7, 11) is 0. The number of aryl methyl sites for hydroxylation is 1. The zero-order valence-electron chi connectivity index (χ0n) is 15.3. The second kappa shape index (κ2) is 7.38. The summed E-state index contributed by atoms with van der Waals surface area (Å²) >= 11 is 0. The molecule has 4 rings (SSSR count). The molecule has 0 saturated heterocycles. The molecule has 2 aromatic heterocycles. The summed E-state index contributed by atoms with van der Waals surface area (Å²) in [5, 5.41) is 6.82. The molecule has 5 nitrogen and oxygen atoms in total. The first-order chi connectivity index (χ1) is 13.9. The number of hydrogen-bond acceptors (Lipinski definition) is 5. The number of nitrogens with one attached hydrogen (secondary N) is 2. The molecular weight excluding hydrogens is 379 g/mol. The van der Waals surface area contributed by atoms with Gasteiger partial charge in [0.1, 0.15) is 5.82 Å². The van der Waals surface area contributed by atoms with Crippen LogP contribution in [0.5, 0.6) is 0 Å². The fourth-order valence-corrected chi connectivity index (χ4v) is 2.99. The Hall–Kier alpha value is -3.68. The fourth-order valence-electron chi connectivity index (χ4n) is 2.99. The summed E-state index contributed by atoms with van der Waals surface area (Å²) in [6.07, 6.45) is -2.78. The molecule has 0 aliphatic heterocycles. The first-order valence-electron chi connectivity index (χ1n) is 8.80. The first-order valence-corrected chi connectivity index (χ1v) is 8.80. The van der Waals surface area contributed by atoms with Crippen molar-refractivity contribution in [1.82, 2.24) is 15.0 Å². The van der Waals surface area contributed by atoms with Crippen LogP contribution in [0.1, 0.15) is 11.3 Å². The SMILES string of the molecule is Cc1cc(Nc2ccccc2C(F)(F)F)nc(Nc2cccc3cccnc23)n1. The standard InChI is InChI=1S/C21H16F3N5/c1-13-12-18(27-16-9-3-2-8-15(16)21(22,23)24)29-20(26-13)28-17-10-4-6-14-7-5-11-25-19(14)17/h2-12H,1H3,(H2,26,27,28,29). The van der Waals surface area contributed by atoms with E-state index in [1.807, 2.05) is 30.3 Å². The molecule has 0 unspecified atom stereocenters. The third-order valence-electron chi connectivity index (χ3n) is 4.23. The van der Waals surface area contributed by atoms with Crippen LogP contribution in [0.4, 0.5) is 36.3 Å². The molecule has 8 heteroatoms. The maximum atomic E-state index is 13.3. The molecule has 0 spiro atoms. The van der Waals surface area contributed by atoms with E-state index in [4.69, 9.17) is 0 Å². The van der Waals surface area contributed by atoms with Gasteiger partial charge < -0.3 is 10.6 Å². The molecule has 0 atom stereocenters. The van der Waals surface area contributed by atoms with Gasteiger partial charge in [0.05, 0.1) is 22.5 Å². The van der Waals surface area contributed by atoms with Gasteiger partial charge in [-0.1, -0.05) is 30.3 Å². The van der Waals surface area contributed by atoms with Crippen molar-refractivity contribution in [3.63, 3.8) is 0 Å². The summed E-state index contributed by atoms with van der Waals surface area (Å²) < 4.78 is 39.8. The number of hydrogen-bond donors (Lipinski definition) is 2. The van der Waals surface area contributed by atoms with Gasteiger partial charge in [-0.15, -0.1) is 0 Å². The third-order valence-corrected chi connectivity index (χ3v) is 4.23. The molecular formula is C21H16F3N5. The molecule has 0 bridgehead atoms. The van der Waals surface area contributed by atoms with E-state index in [1.165, 1.54) is 18.2 Å². The Morgan fingerprint density at radius 2 is 1.59 bits per heavy atom. The molecule has 0 amide bonds. The highest BCUT2D eigenvalue weighted by Gasteiger charge is 2.33. The van der Waals surface area contributed by atoms with Gasteiger partial charge in [0.15, 0.2) is 0 Å². The van der Waals surface area contributed by atoms with Gasteiger partial charge in [0.25, 0.3) is 0 Å². The Balaban J connectivity index is 1.67. The van der Waals surface area contributed by atoms with Crippen LogP contribution in [-0.2, 0) is 6.18 Å². The van der Waals surface area contributed by atoms with Crippen LogP contribution in [0, 0.1) is 6.92 Å². The van der Waals surface area contributed by atoms with Crippen molar-refractivity contribution in [3.8, 4) is 0 Å². The second-order valence-electron chi connectivity index (χ2n) is 6.39. The summed E-state index contributed by atoms with van der Waals surface area (Å²) in [4.78, 5) is 13.0. The van der Waals surface area contributed by atoms with Crippen LogP contribution < -0.4 is 10.6 Å². The van der Waals surface area contributed by atoms with Crippen molar-refractivity contribution in [1.29, 1.82) is 0 Å². The average Bonchev–Trinajstić information content (AvgIpc) is 2.67. The van der Waals surface area contributed by atoms with E-state index >= 15 is 0 Å². The normalized spacial score (nSPS) is 11.4. The van der Waals surface area contributed by atoms with Gasteiger partial charge in [0, 0.05) is 23.3 Å². The summed E-state index contributed by atoms with van der Waals surface area (Å²) in [5.41, 5.74) is 1.22. The Kier molecular flexibility index (Phi) is 4.75. The van der Waals surface area contributed by atoms with Crippen LogP contribution in [0.15, 0.2) is 66.9 Å². The van der Waals surface area contributed by atoms with E-state index in [0.717, 1.165) is 17.0 Å². The highest BCUT2D eigenvalue weighted by Crippen LogP contribution is 2.35. The quantitative estimate of drug-likeness (QED) is 0.455. The Morgan fingerprint density at radius 3 is 2.41 bits per heavy atom. The van der Waals surface area contributed by atoms with Gasteiger partial charge in [-0.05, 0) is 31.2 Å². The number of rotatable bonds is 4. The Labute approximate surface area is 164 Å². The molecule has 0 fully saturated rings. The van der Waals surface area contributed by atoms with Crippen molar-refractivity contribution >= 4 is 34.0 Å². The van der Waals surface area contributed by atoms with E-state index in [-0.39, 0.29) is 17.5 Å². The third kappa shape index (κ3) is 4.11. The number of para-hydroxylation sites is 2. The van der Waals surface area contributed by atoms with Crippen LogP contribution in [0.2, 0.25) is 0 Å². The lowest BCUT2D eigenvalue weighted by Gasteiger charge is -2.15. The van der Waals surface area contributed by atoms with Crippen molar-refractivity contribution in [2.45, 2.75) is 13.1 Å². The minimum atomic E-state index is -4.47. The van der Waals surface area contributed by atoms with Crippen molar-refractivity contribution in [2.24, 2.45) is 0 Å². The van der Waals surface area contributed by atoms with Gasteiger partial charge >= 0.3 is 6.18 Å². The Bertz CT molecular complexity index is 1170. The predicted molar refractivity (Wildman–Crippen MR) is 107 cm³/mol. The fraction of sp³-hybridized carbons (Fsp3) is 0.0952. The second-order valence-corrected chi connectivity index (χ2v) is 6.39. The van der Waals surface area contributed by atoms with Gasteiger partial charge in [-0.25, -0.2) is 4.98 Å². The Morgan fingerprint density at radius 1 is 0.828 bits per heavy atom. The number of benzene rings is 2. The molecule has 146 valence electrons. The summed E-state index contributed by atoms with van der Waals surface area (Å²) in [6.45, 7) is 1.75. The topological polar surface area (TPSA) is 62.7 Å². The molecule has 4 aromatic rings. The van der Waals surface area contributed by atoms with Crippen molar-refractivity contribution in [3.05, 3.63) is 78.1 Å². The van der Waals surface area contributed by atoms with Crippen LogP contribution in [-0.4, -0.2) is 15.0 Å². The number of aromatic nitrogens is 3. The minimum absolute atomic E-state index is 0.0733. The lowest BCUT2D eigenvalue weighted by molar-refractivity contribution is -0.136. The van der Waals surface area contributed by atoms with Crippen LogP contribution >= 0.6 is 0 Å². The van der Waals surface area contributed by atoms with E-state index in [2.05, 4.69) is 25.6 Å². The van der Waals surface area contributed by atoms with Crippen molar-refractivity contribution < 1.29 is 13.2 Å². The minimum Gasteiger partial charge on any atom is -0.340 e. The highest BCUT2D eigenvalue weighted by atomic mass is 19.4. The molecule has 0 aliphatic carbocycles. The maximum Gasteiger partial charge on any atom is 0.418 e. The largest absolute Gasteiger partial charge is 0.418 e. The number of anilines is 4. The number of fused-ring (bicyclic) bond motifs is 1. The lowest BCUT2D eigenvalue weighted by atomic mass is 10.1. The van der Waals surface area contributed by atoms with Gasteiger partial charge in [-0.2, -0.15) is 18.2 Å². The van der Waals surface area contributed by atoms with Gasteiger partial charge in [-0.3, -0.25) is 4.98 Å². The monoisotopic (exact) mass is 395 g/mol. The molecule has 0 aliphatic rings.